The Bertz CT molecular complexity index is 1510. The van der Waals surface area contributed by atoms with Crippen molar-refractivity contribution in [2.24, 2.45) is 0 Å². The first kappa shape index (κ1) is 29.7. The maximum atomic E-state index is 11.7. The van der Waals surface area contributed by atoms with E-state index in [1.165, 1.54) is 10.9 Å². The van der Waals surface area contributed by atoms with E-state index < -0.39 is 0 Å². The standard InChI is InChI=1S/C36H43NO5/c1-6-39-33(38)19-16-28-14-17-31(18-15-28)40-23-30-13-10-20-37(30)21-32-27(5)42-36-25(3)24(2)35(26(4)34(32)36)41-22-29-11-8-7-9-12-29/h7-9,11-12,14-15,17-18,30H,6,10,13,16,19-23H2,1-5H3/t30-/m0/s1. The van der Waals surface area contributed by atoms with E-state index in [-0.39, 0.29) is 5.97 Å². The third-order valence-corrected chi connectivity index (χ3v) is 8.54. The fourth-order valence-corrected chi connectivity index (χ4v) is 6.03. The molecule has 1 aliphatic rings. The topological polar surface area (TPSA) is 61.1 Å². The lowest BCUT2D eigenvalue weighted by molar-refractivity contribution is -0.143. The summed E-state index contributed by atoms with van der Waals surface area (Å²) in [6, 6.07) is 18.7. The van der Waals surface area contributed by atoms with Crippen LogP contribution in [0.3, 0.4) is 0 Å². The highest BCUT2D eigenvalue weighted by Gasteiger charge is 2.29. The molecule has 0 bridgehead atoms. The molecular weight excluding hydrogens is 526 g/mol. The van der Waals surface area contributed by atoms with Gasteiger partial charge in [-0.25, -0.2) is 0 Å². The molecule has 6 nitrogen and oxygen atoms in total. The molecule has 1 atom stereocenters. The number of ether oxygens (including phenoxy) is 3. The number of fused-ring (bicyclic) bond motifs is 1. The van der Waals surface area contributed by atoms with Crippen molar-refractivity contribution in [2.45, 2.75) is 79.5 Å². The molecule has 1 aliphatic heterocycles. The van der Waals surface area contributed by atoms with Gasteiger partial charge in [0.1, 0.15) is 36.1 Å². The summed E-state index contributed by atoms with van der Waals surface area (Å²) in [4.78, 5) is 14.2. The van der Waals surface area contributed by atoms with E-state index in [4.69, 9.17) is 18.6 Å². The van der Waals surface area contributed by atoms with Crippen LogP contribution >= 0.6 is 0 Å². The van der Waals surface area contributed by atoms with Gasteiger partial charge in [0.25, 0.3) is 0 Å². The monoisotopic (exact) mass is 569 g/mol. The van der Waals surface area contributed by atoms with Crippen molar-refractivity contribution in [3.8, 4) is 11.5 Å². The average Bonchev–Trinajstić information content (AvgIpc) is 3.59. The highest BCUT2D eigenvalue weighted by atomic mass is 16.5. The van der Waals surface area contributed by atoms with Gasteiger partial charge in [0, 0.05) is 35.5 Å². The van der Waals surface area contributed by atoms with Gasteiger partial charge in [-0.05, 0) is 94.8 Å². The van der Waals surface area contributed by atoms with Crippen LogP contribution in [-0.2, 0) is 29.1 Å². The van der Waals surface area contributed by atoms with Crippen molar-refractivity contribution in [2.75, 3.05) is 19.8 Å². The van der Waals surface area contributed by atoms with Crippen molar-refractivity contribution in [3.05, 3.63) is 93.7 Å². The van der Waals surface area contributed by atoms with Crippen molar-refractivity contribution in [3.63, 3.8) is 0 Å². The smallest absolute Gasteiger partial charge is 0.306 e. The van der Waals surface area contributed by atoms with Crippen molar-refractivity contribution < 1.29 is 23.4 Å². The van der Waals surface area contributed by atoms with Gasteiger partial charge in [0.2, 0.25) is 0 Å². The number of esters is 1. The Morgan fingerprint density at radius 1 is 0.929 bits per heavy atom. The summed E-state index contributed by atoms with van der Waals surface area (Å²) in [6.45, 7) is 13.8. The van der Waals surface area contributed by atoms with Crippen molar-refractivity contribution >= 4 is 16.9 Å². The Morgan fingerprint density at radius 2 is 1.69 bits per heavy atom. The number of aryl methyl sites for hydroxylation is 4. The van der Waals surface area contributed by atoms with Gasteiger partial charge in [-0.15, -0.1) is 0 Å². The number of carbonyl (C=O) groups is 1. The largest absolute Gasteiger partial charge is 0.492 e. The van der Waals surface area contributed by atoms with E-state index in [0.29, 0.717) is 38.7 Å². The van der Waals surface area contributed by atoms with Gasteiger partial charge >= 0.3 is 5.97 Å². The Hall–Kier alpha value is -3.77. The fraction of sp³-hybridized carbons (Fsp3) is 0.417. The predicted molar refractivity (Wildman–Crippen MR) is 166 cm³/mol. The van der Waals surface area contributed by atoms with Gasteiger partial charge < -0.3 is 18.6 Å². The Kier molecular flexibility index (Phi) is 9.53. The molecule has 0 amide bonds. The molecule has 42 heavy (non-hydrogen) atoms. The van der Waals surface area contributed by atoms with E-state index in [0.717, 1.165) is 76.6 Å². The number of likely N-dealkylation sites (tertiary alicyclic amines) is 1. The molecule has 4 aromatic rings. The van der Waals surface area contributed by atoms with Crippen LogP contribution in [0, 0.1) is 27.7 Å². The molecule has 0 aliphatic carbocycles. The zero-order valence-electron chi connectivity index (χ0n) is 25.6. The predicted octanol–water partition coefficient (Wildman–Crippen LogP) is 7.78. The van der Waals surface area contributed by atoms with Gasteiger partial charge in [-0.1, -0.05) is 42.5 Å². The fourth-order valence-electron chi connectivity index (χ4n) is 6.03. The number of furan rings is 1. The first-order valence-electron chi connectivity index (χ1n) is 15.2. The second-order valence-electron chi connectivity index (χ2n) is 11.3. The van der Waals surface area contributed by atoms with Crippen LogP contribution in [-0.4, -0.2) is 36.7 Å². The first-order valence-corrected chi connectivity index (χ1v) is 15.2. The summed E-state index contributed by atoms with van der Waals surface area (Å²) in [5.74, 6) is 2.63. The molecular formula is C36H43NO5. The second kappa shape index (κ2) is 13.5. The zero-order valence-corrected chi connectivity index (χ0v) is 25.6. The molecule has 0 radical (unpaired) electrons. The molecule has 0 N–H and O–H groups in total. The molecule has 5 rings (SSSR count). The van der Waals surface area contributed by atoms with Crippen LogP contribution in [0.4, 0.5) is 0 Å². The number of carbonyl (C=O) groups excluding carboxylic acids is 1. The number of nitrogens with zero attached hydrogens (tertiary/aromatic N) is 1. The van der Waals surface area contributed by atoms with E-state index in [9.17, 15) is 4.79 Å². The number of benzene rings is 3. The summed E-state index contributed by atoms with van der Waals surface area (Å²) < 4.78 is 24.1. The lowest BCUT2D eigenvalue weighted by atomic mass is 9.97. The summed E-state index contributed by atoms with van der Waals surface area (Å²) in [5.41, 5.74) is 7.89. The first-order chi connectivity index (χ1) is 20.4. The lowest BCUT2D eigenvalue weighted by Crippen LogP contribution is -2.33. The number of hydrogen-bond acceptors (Lipinski definition) is 6. The zero-order chi connectivity index (χ0) is 29.6. The maximum Gasteiger partial charge on any atom is 0.306 e. The molecule has 1 fully saturated rings. The Labute approximate surface area is 249 Å². The molecule has 1 aromatic heterocycles. The van der Waals surface area contributed by atoms with Crippen LogP contribution in [0.15, 0.2) is 59.0 Å². The molecule has 0 saturated carbocycles. The average molecular weight is 570 g/mol. The minimum atomic E-state index is -0.156. The van der Waals surface area contributed by atoms with Crippen molar-refractivity contribution in [1.82, 2.24) is 4.90 Å². The number of rotatable bonds is 12. The molecule has 1 saturated heterocycles. The van der Waals surface area contributed by atoms with Gasteiger partial charge in [-0.3, -0.25) is 9.69 Å². The molecule has 3 aromatic carbocycles. The summed E-state index contributed by atoms with van der Waals surface area (Å²) in [6.07, 6.45) is 3.32. The quantitative estimate of drug-likeness (QED) is 0.162. The van der Waals surface area contributed by atoms with Gasteiger partial charge in [-0.2, -0.15) is 0 Å². The maximum absolute atomic E-state index is 11.7. The summed E-state index contributed by atoms with van der Waals surface area (Å²) in [7, 11) is 0. The third-order valence-electron chi connectivity index (χ3n) is 8.54. The normalized spacial score (nSPS) is 15.3. The van der Waals surface area contributed by atoms with Gasteiger partial charge in [0.15, 0.2) is 0 Å². The highest BCUT2D eigenvalue weighted by Crippen LogP contribution is 2.40. The third kappa shape index (κ3) is 6.65. The van der Waals surface area contributed by atoms with Gasteiger partial charge in [0.05, 0.1) is 6.61 Å². The van der Waals surface area contributed by atoms with Crippen LogP contribution in [0.5, 0.6) is 11.5 Å². The van der Waals surface area contributed by atoms with Crippen molar-refractivity contribution in [1.29, 1.82) is 0 Å². The highest BCUT2D eigenvalue weighted by molar-refractivity contribution is 5.91. The number of hydrogen-bond donors (Lipinski definition) is 0. The van der Waals surface area contributed by atoms with E-state index in [1.54, 1.807) is 0 Å². The van der Waals surface area contributed by atoms with E-state index >= 15 is 0 Å². The molecule has 0 unspecified atom stereocenters. The minimum absolute atomic E-state index is 0.156. The molecule has 0 spiro atoms. The second-order valence-corrected chi connectivity index (χ2v) is 11.3. The lowest BCUT2D eigenvalue weighted by Gasteiger charge is -2.25. The summed E-state index contributed by atoms with van der Waals surface area (Å²) >= 11 is 0. The Balaban J connectivity index is 1.27. The van der Waals surface area contributed by atoms with E-state index in [1.807, 2.05) is 49.4 Å². The van der Waals surface area contributed by atoms with Crippen LogP contribution in [0.2, 0.25) is 0 Å². The molecule has 6 heteroatoms. The van der Waals surface area contributed by atoms with Crippen LogP contribution < -0.4 is 9.47 Å². The molecule has 2 heterocycles. The SMILES string of the molecule is CCOC(=O)CCc1ccc(OC[C@@H]2CCCN2Cc2c(C)oc3c(C)c(C)c(OCc4ccccc4)c(C)c23)cc1. The van der Waals surface area contributed by atoms with E-state index in [2.05, 4.69) is 44.7 Å². The Morgan fingerprint density at radius 3 is 2.43 bits per heavy atom. The summed E-state index contributed by atoms with van der Waals surface area (Å²) in [5, 5.41) is 1.18. The molecule has 222 valence electrons. The minimum Gasteiger partial charge on any atom is -0.492 e. The van der Waals surface area contributed by atoms with Crippen LogP contribution in [0.1, 0.15) is 65.3 Å². The van der Waals surface area contributed by atoms with Crippen LogP contribution in [0.25, 0.3) is 11.0 Å².